The van der Waals surface area contributed by atoms with Crippen LogP contribution in [0.1, 0.15) is 5.56 Å². The van der Waals surface area contributed by atoms with Crippen molar-refractivity contribution in [1.82, 2.24) is 4.31 Å². The molecule has 1 aromatic carbocycles. The first-order valence-electron chi connectivity index (χ1n) is 5.10. The Morgan fingerprint density at radius 2 is 2.00 bits per heavy atom. The van der Waals surface area contributed by atoms with Gasteiger partial charge in [0.25, 0.3) is 5.69 Å². The number of nitro groups is 1. The number of alkyl halides is 1. The molecule has 0 saturated heterocycles. The van der Waals surface area contributed by atoms with Crippen LogP contribution in [0.2, 0.25) is 0 Å². The van der Waals surface area contributed by atoms with Crippen molar-refractivity contribution in [1.29, 1.82) is 0 Å². The van der Waals surface area contributed by atoms with Gasteiger partial charge in [-0.2, -0.15) is 0 Å². The summed E-state index contributed by atoms with van der Waals surface area (Å²) < 4.78 is 24.9. The second-order valence-corrected chi connectivity index (χ2v) is 6.11. The van der Waals surface area contributed by atoms with Crippen LogP contribution in [-0.2, 0) is 15.8 Å². The van der Waals surface area contributed by atoms with E-state index >= 15 is 0 Å². The molecule has 0 aliphatic rings. The van der Waals surface area contributed by atoms with Crippen LogP contribution in [-0.4, -0.2) is 37.1 Å². The lowest BCUT2D eigenvalue weighted by molar-refractivity contribution is -0.385. The van der Waals surface area contributed by atoms with Gasteiger partial charge in [0.15, 0.2) is 0 Å². The molecule has 0 heterocycles. The van der Waals surface area contributed by atoms with Crippen molar-refractivity contribution in [2.45, 2.75) is 5.75 Å². The van der Waals surface area contributed by atoms with Gasteiger partial charge in [0.2, 0.25) is 10.0 Å². The van der Waals surface area contributed by atoms with Crippen molar-refractivity contribution in [3.8, 4) is 0 Å². The molecular formula is C10H13ClN2O4S. The molecular weight excluding hydrogens is 280 g/mol. The number of sulfonamides is 1. The fourth-order valence-electron chi connectivity index (χ4n) is 1.38. The van der Waals surface area contributed by atoms with Crippen LogP contribution in [0.4, 0.5) is 5.69 Å². The Morgan fingerprint density at radius 3 is 2.56 bits per heavy atom. The average molecular weight is 293 g/mol. The minimum Gasteiger partial charge on any atom is -0.258 e. The summed E-state index contributed by atoms with van der Waals surface area (Å²) in [6, 6.07) is 5.78. The first-order chi connectivity index (χ1) is 8.38. The summed E-state index contributed by atoms with van der Waals surface area (Å²) in [6.07, 6.45) is 0. The highest BCUT2D eigenvalue weighted by molar-refractivity contribution is 7.88. The summed E-state index contributed by atoms with van der Waals surface area (Å²) in [7, 11) is -2.19. The van der Waals surface area contributed by atoms with E-state index in [0.29, 0.717) is 0 Å². The zero-order valence-corrected chi connectivity index (χ0v) is 11.3. The molecule has 0 unspecified atom stereocenters. The zero-order chi connectivity index (χ0) is 13.8. The lowest BCUT2D eigenvalue weighted by Gasteiger charge is -2.15. The molecule has 1 rings (SSSR count). The van der Waals surface area contributed by atoms with Crippen LogP contribution in [0.5, 0.6) is 0 Å². The molecule has 0 amide bonds. The van der Waals surface area contributed by atoms with Gasteiger partial charge < -0.3 is 0 Å². The molecule has 0 spiro atoms. The molecule has 0 aromatic heterocycles. The van der Waals surface area contributed by atoms with E-state index in [4.69, 9.17) is 11.6 Å². The second-order valence-electron chi connectivity index (χ2n) is 3.65. The van der Waals surface area contributed by atoms with Crippen molar-refractivity contribution in [3.63, 3.8) is 0 Å². The molecule has 0 aliphatic carbocycles. The van der Waals surface area contributed by atoms with Gasteiger partial charge in [-0.1, -0.05) is 18.2 Å². The Labute approximate surface area is 110 Å². The highest BCUT2D eigenvalue weighted by Gasteiger charge is 2.23. The number of halogens is 1. The summed E-state index contributed by atoms with van der Waals surface area (Å²) in [6.45, 7) is 0.171. The summed E-state index contributed by atoms with van der Waals surface area (Å²) in [4.78, 5) is 10.2. The summed E-state index contributed by atoms with van der Waals surface area (Å²) in [5, 5.41) is 10.8. The van der Waals surface area contributed by atoms with Gasteiger partial charge in [-0.3, -0.25) is 10.1 Å². The molecule has 0 atom stereocenters. The van der Waals surface area contributed by atoms with Crippen LogP contribution in [0.25, 0.3) is 0 Å². The standard InChI is InChI=1S/C10H13ClN2O4S/c1-12(7-6-11)18(16,17)8-9-4-2-3-5-10(9)13(14)15/h2-5H,6-8H2,1H3. The highest BCUT2D eigenvalue weighted by Crippen LogP contribution is 2.21. The van der Waals surface area contributed by atoms with Gasteiger partial charge in [0.1, 0.15) is 0 Å². The highest BCUT2D eigenvalue weighted by atomic mass is 35.5. The zero-order valence-electron chi connectivity index (χ0n) is 9.74. The number of rotatable bonds is 6. The van der Waals surface area contributed by atoms with E-state index in [2.05, 4.69) is 0 Å². The number of benzene rings is 1. The van der Waals surface area contributed by atoms with Crippen molar-refractivity contribution in [2.24, 2.45) is 0 Å². The van der Waals surface area contributed by atoms with Crippen molar-refractivity contribution >= 4 is 27.3 Å². The molecule has 6 nitrogen and oxygen atoms in total. The number of nitrogens with zero attached hydrogens (tertiary/aromatic N) is 2. The molecule has 1 aromatic rings. The Bertz CT molecular complexity index is 532. The Balaban J connectivity index is 3.01. The molecule has 0 radical (unpaired) electrons. The monoisotopic (exact) mass is 292 g/mol. The largest absolute Gasteiger partial charge is 0.273 e. The van der Waals surface area contributed by atoms with Gasteiger partial charge in [0.05, 0.1) is 10.7 Å². The Kier molecular flexibility index (Phi) is 5.06. The quantitative estimate of drug-likeness (QED) is 0.453. The molecule has 0 saturated carbocycles. The third-order valence-corrected chi connectivity index (χ3v) is 4.38. The fraction of sp³-hybridized carbons (Fsp3) is 0.400. The van der Waals surface area contributed by atoms with Crippen LogP contribution in [0.15, 0.2) is 24.3 Å². The molecule has 0 aliphatic heterocycles. The summed E-state index contributed by atoms with van der Waals surface area (Å²) in [5.41, 5.74) is -0.0238. The van der Waals surface area contributed by atoms with Gasteiger partial charge in [0, 0.05) is 31.1 Å². The minimum absolute atomic E-state index is 0.170. The van der Waals surface area contributed by atoms with E-state index in [1.165, 1.54) is 25.2 Å². The van der Waals surface area contributed by atoms with E-state index in [1.54, 1.807) is 6.07 Å². The predicted molar refractivity (Wildman–Crippen MR) is 69.1 cm³/mol. The molecule has 0 bridgehead atoms. The predicted octanol–water partition coefficient (Wildman–Crippen LogP) is 1.60. The lowest BCUT2D eigenvalue weighted by Crippen LogP contribution is -2.30. The van der Waals surface area contributed by atoms with E-state index in [-0.39, 0.29) is 23.7 Å². The second kappa shape index (κ2) is 6.12. The van der Waals surface area contributed by atoms with E-state index in [9.17, 15) is 18.5 Å². The summed E-state index contributed by atoms with van der Waals surface area (Å²) >= 11 is 5.47. The SMILES string of the molecule is CN(CCCl)S(=O)(=O)Cc1ccccc1[N+](=O)[O-]. The Morgan fingerprint density at radius 1 is 1.39 bits per heavy atom. The molecule has 18 heavy (non-hydrogen) atoms. The lowest BCUT2D eigenvalue weighted by atomic mass is 10.2. The van der Waals surface area contributed by atoms with Gasteiger partial charge in [-0.15, -0.1) is 11.6 Å². The number of hydrogen-bond acceptors (Lipinski definition) is 4. The first kappa shape index (κ1) is 14.9. The molecule has 0 N–H and O–H groups in total. The third kappa shape index (κ3) is 3.66. The van der Waals surface area contributed by atoms with E-state index < -0.39 is 20.7 Å². The maximum absolute atomic E-state index is 11.9. The van der Waals surface area contributed by atoms with Crippen LogP contribution in [0.3, 0.4) is 0 Å². The molecule has 100 valence electrons. The maximum Gasteiger partial charge on any atom is 0.273 e. The van der Waals surface area contributed by atoms with Crippen molar-refractivity contribution in [2.75, 3.05) is 19.5 Å². The smallest absolute Gasteiger partial charge is 0.258 e. The normalized spacial score (nSPS) is 11.7. The molecule has 0 fully saturated rings. The first-order valence-corrected chi connectivity index (χ1v) is 7.25. The number of nitro benzene ring substituents is 1. The van der Waals surface area contributed by atoms with Gasteiger partial charge >= 0.3 is 0 Å². The molecule has 8 heteroatoms. The van der Waals surface area contributed by atoms with E-state index in [0.717, 1.165) is 4.31 Å². The van der Waals surface area contributed by atoms with Crippen LogP contribution >= 0.6 is 11.6 Å². The third-order valence-electron chi connectivity index (χ3n) is 2.40. The average Bonchev–Trinajstić information content (AvgIpc) is 2.29. The number of para-hydroxylation sites is 1. The minimum atomic E-state index is -3.59. The van der Waals surface area contributed by atoms with E-state index in [1.807, 2.05) is 0 Å². The van der Waals surface area contributed by atoms with Crippen molar-refractivity contribution in [3.05, 3.63) is 39.9 Å². The van der Waals surface area contributed by atoms with Gasteiger partial charge in [-0.25, -0.2) is 12.7 Å². The van der Waals surface area contributed by atoms with Crippen LogP contribution < -0.4 is 0 Å². The topological polar surface area (TPSA) is 80.5 Å². The Hall–Kier alpha value is -1.18. The number of hydrogen-bond donors (Lipinski definition) is 0. The summed E-state index contributed by atoms with van der Waals surface area (Å²) in [5.74, 6) is -0.232. The maximum atomic E-state index is 11.9. The van der Waals surface area contributed by atoms with Crippen molar-refractivity contribution < 1.29 is 13.3 Å². The fourth-order valence-corrected chi connectivity index (χ4v) is 2.96. The van der Waals surface area contributed by atoms with Gasteiger partial charge in [-0.05, 0) is 0 Å². The van der Waals surface area contributed by atoms with Crippen LogP contribution in [0, 0.1) is 10.1 Å².